The molecule has 0 atom stereocenters. The van der Waals surface area contributed by atoms with Crippen molar-refractivity contribution in [1.29, 1.82) is 0 Å². The molecule has 1 rings (SSSR count). The van der Waals surface area contributed by atoms with Gasteiger partial charge in [0, 0.05) is 5.56 Å². The van der Waals surface area contributed by atoms with E-state index in [1.54, 1.807) is 0 Å². The molecule has 1 aromatic rings. The normalized spacial score (nSPS) is 10.8. The van der Waals surface area contributed by atoms with Crippen LogP contribution in [0.1, 0.15) is 115 Å². The lowest BCUT2D eigenvalue weighted by Crippen LogP contribution is -3.04. The fourth-order valence-corrected chi connectivity index (χ4v) is 4.14. The summed E-state index contributed by atoms with van der Waals surface area (Å²) < 4.78 is 1.12. The van der Waals surface area contributed by atoms with Crippen molar-refractivity contribution in [1.82, 2.24) is 0 Å². The molecule has 0 spiro atoms. The quantitative estimate of drug-likeness (QED) is 0.208. The maximum Gasteiger partial charge on any atom is 0.102 e. The molecule has 0 aliphatic carbocycles. The van der Waals surface area contributed by atoms with E-state index in [2.05, 4.69) is 72.5 Å². The first-order valence-electron chi connectivity index (χ1n) is 14.0. The van der Waals surface area contributed by atoms with E-state index in [1.165, 1.54) is 120 Å². The van der Waals surface area contributed by atoms with Gasteiger partial charge in [-0.2, -0.15) is 0 Å². The van der Waals surface area contributed by atoms with Crippen molar-refractivity contribution in [2.75, 3.05) is 41.8 Å². The Morgan fingerprint density at radius 3 is 1.24 bits per heavy atom. The fraction of sp³-hybridized carbons (Fsp3) is 0.800. The predicted molar refractivity (Wildman–Crippen MR) is 145 cm³/mol. The number of hydrogen-bond acceptors (Lipinski definition) is 0. The molecule has 2 nitrogen and oxygen atoms in total. The SMILES string of the molecule is CCCCCCCCCCCCCCCCCC[N+](C)(C)C.C[NH+](C)Cc1ccccc1.[Cl-].[Cl-]. The molecular weight excluding hydrogens is 459 g/mol. The number of rotatable bonds is 19. The van der Waals surface area contributed by atoms with E-state index in [4.69, 9.17) is 0 Å². The number of unbranched alkanes of at least 4 members (excludes halogenated alkanes) is 15. The smallest absolute Gasteiger partial charge is 0.102 e. The van der Waals surface area contributed by atoms with E-state index in [0.717, 1.165) is 11.0 Å². The molecule has 0 amide bonds. The summed E-state index contributed by atoms with van der Waals surface area (Å²) in [6.45, 7) is 4.74. The van der Waals surface area contributed by atoms with Gasteiger partial charge in [-0.15, -0.1) is 0 Å². The van der Waals surface area contributed by atoms with Gasteiger partial charge >= 0.3 is 0 Å². The first-order valence-corrected chi connectivity index (χ1v) is 14.0. The van der Waals surface area contributed by atoms with Crippen molar-refractivity contribution in [2.45, 2.75) is 116 Å². The minimum atomic E-state index is 0. The average Bonchev–Trinajstić information content (AvgIpc) is 2.73. The summed E-state index contributed by atoms with van der Waals surface area (Å²) in [7, 11) is 11.2. The van der Waals surface area contributed by atoms with Gasteiger partial charge in [-0.1, -0.05) is 127 Å². The summed E-state index contributed by atoms with van der Waals surface area (Å²) in [5.41, 5.74) is 1.41. The van der Waals surface area contributed by atoms with E-state index in [1.807, 2.05) is 0 Å². The van der Waals surface area contributed by atoms with Crippen LogP contribution in [0.4, 0.5) is 0 Å². The van der Waals surface area contributed by atoms with Crippen molar-refractivity contribution in [2.24, 2.45) is 0 Å². The lowest BCUT2D eigenvalue weighted by atomic mass is 10.0. The third-order valence-corrected chi connectivity index (χ3v) is 6.08. The molecule has 0 heterocycles. The molecule has 1 N–H and O–H groups in total. The number of quaternary nitrogens is 2. The van der Waals surface area contributed by atoms with Crippen LogP contribution in [-0.2, 0) is 6.54 Å². The summed E-state index contributed by atoms with van der Waals surface area (Å²) in [6.07, 6.45) is 23.4. The minimum Gasteiger partial charge on any atom is -1.00 e. The van der Waals surface area contributed by atoms with Gasteiger partial charge in [0.25, 0.3) is 0 Å². The van der Waals surface area contributed by atoms with Crippen molar-refractivity contribution < 1.29 is 34.2 Å². The number of halogens is 2. The van der Waals surface area contributed by atoms with E-state index >= 15 is 0 Å². The molecule has 0 saturated heterocycles. The molecule has 204 valence electrons. The summed E-state index contributed by atoms with van der Waals surface area (Å²) >= 11 is 0. The van der Waals surface area contributed by atoms with Gasteiger partial charge in [0.15, 0.2) is 0 Å². The van der Waals surface area contributed by atoms with E-state index in [9.17, 15) is 0 Å². The van der Waals surface area contributed by atoms with E-state index < -0.39 is 0 Å². The van der Waals surface area contributed by atoms with Crippen molar-refractivity contribution in [3.8, 4) is 0 Å². The maximum atomic E-state index is 2.30. The number of nitrogens with zero attached hydrogens (tertiary/aromatic N) is 1. The van der Waals surface area contributed by atoms with Gasteiger partial charge in [-0.3, -0.25) is 0 Å². The third-order valence-electron chi connectivity index (χ3n) is 6.08. The second kappa shape index (κ2) is 27.3. The van der Waals surface area contributed by atoms with Crippen LogP contribution >= 0.6 is 0 Å². The van der Waals surface area contributed by atoms with Gasteiger partial charge in [0.05, 0.1) is 41.8 Å². The van der Waals surface area contributed by atoms with Crippen LogP contribution in [0.3, 0.4) is 0 Å². The van der Waals surface area contributed by atoms with Crippen LogP contribution < -0.4 is 29.7 Å². The summed E-state index contributed by atoms with van der Waals surface area (Å²) in [5.74, 6) is 0. The highest BCUT2D eigenvalue weighted by Gasteiger charge is 2.04. The van der Waals surface area contributed by atoms with Crippen molar-refractivity contribution in [3.63, 3.8) is 0 Å². The van der Waals surface area contributed by atoms with Gasteiger partial charge in [-0.05, 0) is 12.8 Å². The second-order valence-corrected chi connectivity index (χ2v) is 11.2. The van der Waals surface area contributed by atoms with Crippen LogP contribution in [-0.4, -0.2) is 46.3 Å². The molecule has 0 aliphatic rings. The Balaban J connectivity index is -0.000000672. The molecule has 0 saturated carbocycles. The van der Waals surface area contributed by atoms with Crippen LogP contribution in [0.25, 0.3) is 0 Å². The Morgan fingerprint density at radius 1 is 0.559 bits per heavy atom. The highest BCUT2D eigenvalue weighted by atomic mass is 35.5. The molecule has 0 unspecified atom stereocenters. The highest BCUT2D eigenvalue weighted by molar-refractivity contribution is 5.12. The second-order valence-electron chi connectivity index (χ2n) is 11.2. The molecule has 4 heteroatoms. The molecule has 0 bridgehead atoms. The van der Waals surface area contributed by atoms with Gasteiger partial charge < -0.3 is 34.2 Å². The molecule has 0 radical (unpaired) electrons. The van der Waals surface area contributed by atoms with Gasteiger partial charge in [0.1, 0.15) is 6.54 Å². The molecule has 1 aromatic carbocycles. The summed E-state index contributed by atoms with van der Waals surface area (Å²) in [5, 5.41) is 0. The fourth-order valence-electron chi connectivity index (χ4n) is 4.14. The van der Waals surface area contributed by atoms with Crippen LogP contribution in [0.2, 0.25) is 0 Å². The van der Waals surface area contributed by atoms with Crippen LogP contribution in [0, 0.1) is 0 Å². The van der Waals surface area contributed by atoms with Gasteiger partial charge in [0.2, 0.25) is 0 Å². The van der Waals surface area contributed by atoms with Crippen molar-refractivity contribution >= 4 is 0 Å². The molecule has 0 fully saturated rings. The molecular formula is C30H60Cl2N2. The predicted octanol–water partition coefficient (Wildman–Crippen LogP) is 1.29. The first-order chi connectivity index (χ1) is 15.3. The minimum absolute atomic E-state index is 0. The molecule has 34 heavy (non-hydrogen) atoms. The number of nitrogens with one attached hydrogen (secondary N) is 1. The lowest BCUT2D eigenvalue weighted by Gasteiger charge is -2.23. The highest BCUT2D eigenvalue weighted by Crippen LogP contribution is 2.13. The Labute approximate surface area is 227 Å². The van der Waals surface area contributed by atoms with Crippen LogP contribution in [0.15, 0.2) is 30.3 Å². The van der Waals surface area contributed by atoms with E-state index in [-0.39, 0.29) is 24.8 Å². The Bertz CT molecular complexity index is 486. The largest absolute Gasteiger partial charge is 1.00 e. The van der Waals surface area contributed by atoms with Crippen LogP contribution in [0.5, 0.6) is 0 Å². The molecule has 0 aliphatic heterocycles. The topological polar surface area (TPSA) is 4.44 Å². The van der Waals surface area contributed by atoms with Crippen molar-refractivity contribution in [3.05, 3.63) is 35.9 Å². The van der Waals surface area contributed by atoms with E-state index in [0.29, 0.717) is 0 Å². The zero-order valence-corrected chi connectivity index (χ0v) is 25.3. The lowest BCUT2D eigenvalue weighted by molar-refractivity contribution is -0.872. The maximum absolute atomic E-state index is 2.30. The first kappa shape index (κ1) is 38.3. The number of hydrogen-bond donors (Lipinski definition) is 1. The third kappa shape index (κ3) is 31.7. The standard InChI is InChI=1S/C21H46N.C9H13N.2ClH/c1-5-6-7-8-9-10-11-12-13-14-15-16-17-18-19-20-21-22(2,3)4;1-10(2)8-9-6-4-3-5-7-9;;/h5-21H2,1-4H3;3-7H,8H2,1-2H3;2*1H/q+1;;;/p-1. The zero-order valence-electron chi connectivity index (χ0n) is 23.8. The number of benzene rings is 1. The molecule has 0 aromatic heterocycles. The summed E-state index contributed by atoms with van der Waals surface area (Å²) in [6, 6.07) is 10.5. The Morgan fingerprint density at radius 2 is 0.912 bits per heavy atom. The Hall–Kier alpha value is -0.280. The van der Waals surface area contributed by atoms with Gasteiger partial charge in [-0.25, -0.2) is 0 Å². The zero-order chi connectivity index (χ0) is 23.9. The summed E-state index contributed by atoms with van der Waals surface area (Å²) in [4.78, 5) is 1.46. The average molecular weight is 520 g/mol. The Kier molecular flexibility index (Phi) is 30.7. The monoisotopic (exact) mass is 518 g/mol.